The van der Waals surface area contributed by atoms with Crippen LogP contribution in [0.2, 0.25) is 0 Å². The smallest absolute Gasteiger partial charge is 0.335 e. The zero-order valence-corrected chi connectivity index (χ0v) is 11.0. The van der Waals surface area contributed by atoms with Gasteiger partial charge in [0.15, 0.2) is 0 Å². The number of nitriles is 1. The lowest BCUT2D eigenvalue weighted by molar-refractivity contribution is 0.0697. The van der Waals surface area contributed by atoms with E-state index < -0.39 is 5.97 Å². The number of hydrogen-bond donors (Lipinski definition) is 1. The lowest BCUT2D eigenvalue weighted by Crippen LogP contribution is -1.99. The minimum atomic E-state index is -0.959. The Morgan fingerprint density at radius 3 is 2.50 bits per heavy atom. The van der Waals surface area contributed by atoms with Crippen LogP contribution in [0.5, 0.6) is 5.75 Å². The van der Waals surface area contributed by atoms with Crippen molar-refractivity contribution in [2.45, 2.75) is 13.5 Å². The third-order valence-electron chi connectivity index (χ3n) is 2.97. The summed E-state index contributed by atoms with van der Waals surface area (Å²) >= 11 is 0. The van der Waals surface area contributed by atoms with E-state index in [9.17, 15) is 4.79 Å². The second-order valence-corrected chi connectivity index (χ2v) is 4.37. The first kappa shape index (κ1) is 13.6. The van der Waals surface area contributed by atoms with Crippen molar-refractivity contribution in [3.63, 3.8) is 0 Å². The van der Waals surface area contributed by atoms with Crippen LogP contribution in [-0.2, 0) is 6.61 Å². The highest BCUT2D eigenvalue weighted by atomic mass is 16.5. The number of ether oxygens (including phenoxy) is 1. The maximum absolute atomic E-state index is 10.7. The molecule has 100 valence electrons. The maximum Gasteiger partial charge on any atom is 0.335 e. The molecule has 0 heterocycles. The van der Waals surface area contributed by atoms with Gasteiger partial charge in [0, 0.05) is 0 Å². The average Bonchev–Trinajstić information content (AvgIpc) is 2.46. The standard InChI is InChI=1S/C16H13NO3/c1-11-8-12(9-17)2-3-14(11)10-20-15-6-4-13(5-7-15)16(18)19/h2-8H,10H2,1H3,(H,18,19). The van der Waals surface area contributed by atoms with E-state index in [1.807, 2.05) is 19.1 Å². The van der Waals surface area contributed by atoms with Crippen molar-refractivity contribution in [1.29, 1.82) is 5.26 Å². The summed E-state index contributed by atoms with van der Waals surface area (Å²) in [7, 11) is 0. The molecule has 2 aromatic rings. The van der Waals surface area contributed by atoms with Gasteiger partial charge in [-0.2, -0.15) is 5.26 Å². The Labute approximate surface area is 116 Å². The molecule has 4 heteroatoms. The Morgan fingerprint density at radius 2 is 1.95 bits per heavy atom. The molecule has 0 aromatic heterocycles. The zero-order chi connectivity index (χ0) is 14.5. The summed E-state index contributed by atoms with van der Waals surface area (Å²) in [6, 6.07) is 13.8. The SMILES string of the molecule is Cc1cc(C#N)ccc1COc1ccc(C(=O)O)cc1. The molecule has 0 fully saturated rings. The van der Waals surface area contributed by atoms with Crippen LogP contribution in [0.15, 0.2) is 42.5 Å². The average molecular weight is 267 g/mol. The molecule has 20 heavy (non-hydrogen) atoms. The monoisotopic (exact) mass is 267 g/mol. The Kier molecular flexibility index (Phi) is 4.02. The molecule has 4 nitrogen and oxygen atoms in total. The number of aromatic carboxylic acids is 1. The van der Waals surface area contributed by atoms with Crippen molar-refractivity contribution in [1.82, 2.24) is 0 Å². The number of carboxylic acid groups (broad SMARTS) is 1. The van der Waals surface area contributed by atoms with E-state index in [2.05, 4.69) is 6.07 Å². The van der Waals surface area contributed by atoms with Gasteiger partial charge >= 0.3 is 5.97 Å². The minimum Gasteiger partial charge on any atom is -0.489 e. The summed E-state index contributed by atoms with van der Waals surface area (Å²) in [6.07, 6.45) is 0. The highest BCUT2D eigenvalue weighted by Gasteiger charge is 2.04. The molecule has 0 aliphatic carbocycles. The molecule has 0 radical (unpaired) electrons. The summed E-state index contributed by atoms with van der Waals surface area (Å²) in [4.78, 5) is 10.7. The Balaban J connectivity index is 2.05. The maximum atomic E-state index is 10.7. The highest BCUT2D eigenvalue weighted by Crippen LogP contribution is 2.16. The van der Waals surface area contributed by atoms with Crippen molar-refractivity contribution >= 4 is 5.97 Å². The van der Waals surface area contributed by atoms with E-state index in [0.717, 1.165) is 11.1 Å². The van der Waals surface area contributed by atoms with E-state index in [0.29, 0.717) is 17.9 Å². The largest absolute Gasteiger partial charge is 0.489 e. The highest BCUT2D eigenvalue weighted by molar-refractivity contribution is 5.87. The number of nitrogens with zero attached hydrogens (tertiary/aromatic N) is 1. The molecule has 0 spiro atoms. The number of carboxylic acids is 1. The topological polar surface area (TPSA) is 70.3 Å². The number of hydrogen-bond acceptors (Lipinski definition) is 3. The first-order valence-electron chi connectivity index (χ1n) is 6.06. The summed E-state index contributed by atoms with van der Waals surface area (Å²) < 4.78 is 5.61. The Hall–Kier alpha value is -2.80. The number of rotatable bonds is 4. The summed E-state index contributed by atoms with van der Waals surface area (Å²) in [6.45, 7) is 2.30. The van der Waals surface area contributed by atoms with Gasteiger partial charge < -0.3 is 9.84 Å². The van der Waals surface area contributed by atoms with Crippen molar-refractivity contribution in [3.8, 4) is 11.8 Å². The summed E-state index contributed by atoms with van der Waals surface area (Å²) in [5, 5.41) is 17.6. The first-order valence-corrected chi connectivity index (χ1v) is 6.06. The molecule has 0 unspecified atom stereocenters. The van der Waals surface area contributed by atoms with Crippen LogP contribution in [0, 0.1) is 18.3 Å². The van der Waals surface area contributed by atoms with E-state index in [1.54, 1.807) is 18.2 Å². The predicted molar refractivity (Wildman–Crippen MR) is 73.6 cm³/mol. The van der Waals surface area contributed by atoms with E-state index in [4.69, 9.17) is 15.1 Å². The summed E-state index contributed by atoms with van der Waals surface area (Å²) in [5.74, 6) is -0.349. The number of carbonyl (C=O) groups is 1. The molecule has 0 saturated heterocycles. The molecule has 2 rings (SSSR count). The van der Waals surface area contributed by atoms with Gasteiger partial charge in [-0.05, 0) is 54.4 Å². The third kappa shape index (κ3) is 3.15. The third-order valence-corrected chi connectivity index (χ3v) is 2.97. The Bertz CT molecular complexity index is 669. The lowest BCUT2D eigenvalue weighted by Gasteiger charge is -2.09. The van der Waals surface area contributed by atoms with E-state index in [-0.39, 0.29) is 5.56 Å². The fourth-order valence-electron chi connectivity index (χ4n) is 1.78. The molecule has 1 N–H and O–H groups in total. The van der Waals surface area contributed by atoms with Crippen LogP contribution in [0.4, 0.5) is 0 Å². The van der Waals surface area contributed by atoms with Crippen molar-refractivity contribution in [2.75, 3.05) is 0 Å². The molecule has 2 aromatic carbocycles. The van der Waals surface area contributed by atoms with Gasteiger partial charge in [0.1, 0.15) is 12.4 Å². The van der Waals surface area contributed by atoms with Crippen LogP contribution in [0.1, 0.15) is 27.0 Å². The van der Waals surface area contributed by atoms with Gasteiger partial charge in [0.25, 0.3) is 0 Å². The fourth-order valence-corrected chi connectivity index (χ4v) is 1.78. The minimum absolute atomic E-state index is 0.229. The van der Waals surface area contributed by atoms with Gasteiger partial charge in [0.2, 0.25) is 0 Å². The van der Waals surface area contributed by atoms with Crippen LogP contribution in [0.25, 0.3) is 0 Å². The van der Waals surface area contributed by atoms with Gasteiger partial charge in [-0.25, -0.2) is 4.79 Å². The molecular weight excluding hydrogens is 254 g/mol. The second kappa shape index (κ2) is 5.89. The summed E-state index contributed by atoms with van der Waals surface area (Å²) in [5.41, 5.74) is 2.83. The van der Waals surface area contributed by atoms with Crippen molar-refractivity contribution in [3.05, 3.63) is 64.7 Å². The fraction of sp³-hybridized carbons (Fsp3) is 0.125. The van der Waals surface area contributed by atoms with Crippen LogP contribution in [-0.4, -0.2) is 11.1 Å². The van der Waals surface area contributed by atoms with Gasteiger partial charge in [0.05, 0.1) is 17.2 Å². The zero-order valence-electron chi connectivity index (χ0n) is 11.0. The number of aryl methyl sites for hydroxylation is 1. The molecule has 0 aliphatic rings. The quantitative estimate of drug-likeness (QED) is 0.923. The molecule has 0 saturated carbocycles. The van der Waals surface area contributed by atoms with Crippen LogP contribution in [0.3, 0.4) is 0 Å². The predicted octanol–water partition coefficient (Wildman–Crippen LogP) is 3.14. The Morgan fingerprint density at radius 1 is 1.25 bits per heavy atom. The molecule has 0 bridgehead atoms. The van der Waals surface area contributed by atoms with Gasteiger partial charge in [-0.3, -0.25) is 0 Å². The normalized spacial score (nSPS) is 9.80. The molecular formula is C16H13NO3. The van der Waals surface area contributed by atoms with Gasteiger partial charge in [-0.15, -0.1) is 0 Å². The van der Waals surface area contributed by atoms with E-state index in [1.165, 1.54) is 12.1 Å². The second-order valence-electron chi connectivity index (χ2n) is 4.37. The molecule has 0 amide bonds. The number of benzene rings is 2. The lowest BCUT2D eigenvalue weighted by atomic mass is 10.1. The van der Waals surface area contributed by atoms with Crippen molar-refractivity contribution in [2.24, 2.45) is 0 Å². The van der Waals surface area contributed by atoms with E-state index >= 15 is 0 Å². The molecule has 0 aliphatic heterocycles. The molecule has 0 atom stereocenters. The van der Waals surface area contributed by atoms with Crippen LogP contribution >= 0.6 is 0 Å². The van der Waals surface area contributed by atoms with Crippen LogP contribution < -0.4 is 4.74 Å². The van der Waals surface area contributed by atoms with Gasteiger partial charge in [-0.1, -0.05) is 6.07 Å². The van der Waals surface area contributed by atoms with Crippen molar-refractivity contribution < 1.29 is 14.6 Å². The first-order chi connectivity index (χ1) is 9.60.